The maximum Gasteiger partial charge on any atom is 0.119 e. The number of hydrogen-bond donors (Lipinski definition) is 1. The van der Waals surface area contributed by atoms with Gasteiger partial charge in [0.05, 0.1) is 0 Å². The number of nitrogens with zero attached hydrogens (tertiary/aromatic N) is 1. The molecule has 0 aliphatic carbocycles. The summed E-state index contributed by atoms with van der Waals surface area (Å²) in [5.74, 6) is 0.989. The summed E-state index contributed by atoms with van der Waals surface area (Å²) in [6.45, 7) is 1.88. The third-order valence-corrected chi connectivity index (χ3v) is 4.90. The predicted octanol–water partition coefficient (Wildman–Crippen LogP) is 2.67. The van der Waals surface area contributed by atoms with Gasteiger partial charge in [-0.2, -0.15) is 0 Å². The minimum absolute atomic E-state index is 0.719. The van der Waals surface area contributed by atoms with Gasteiger partial charge in [0, 0.05) is 24.7 Å². The average Bonchev–Trinajstić information content (AvgIpc) is 2.48. The van der Waals surface area contributed by atoms with E-state index in [-0.39, 0.29) is 0 Å². The summed E-state index contributed by atoms with van der Waals surface area (Å²) in [5.41, 5.74) is 0. The Morgan fingerprint density at radius 2 is 1.85 bits per heavy atom. The Kier molecular flexibility index (Phi) is 4.58. The number of fused-ring (bicyclic) bond motifs is 2. The van der Waals surface area contributed by atoms with Crippen LogP contribution in [0.5, 0.6) is 5.75 Å². The first-order valence-electron chi connectivity index (χ1n) is 7.97. The van der Waals surface area contributed by atoms with Crippen molar-refractivity contribution in [1.29, 1.82) is 0 Å². The van der Waals surface area contributed by atoms with Crippen molar-refractivity contribution in [2.45, 2.75) is 50.2 Å². The number of piperidine rings is 2. The maximum absolute atomic E-state index is 5.87. The van der Waals surface area contributed by atoms with Gasteiger partial charge in [-0.15, -0.1) is 0 Å². The van der Waals surface area contributed by atoms with Crippen LogP contribution < -0.4 is 10.1 Å². The fraction of sp³-hybridized carbons (Fsp3) is 0.647. The molecule has 0 aromatic heterocycles. The van der Waals surface area contributed by atoms with Gasteiger partial charge in [-0.1, -0.05) is 24.6 Å². The van der Waals surface area contributed by atoms with Crippen LogP contribution in [-0.4, -0.2) is 43.2 Å². The van der Waals surface area contributed by atoms with Crippen LogP contribution >= 0.6 is 0 Å². The zero-order valence-electron chi connectivity index (χ0n) is 12.4. The van der Waals surface area contributed by atoms with Gasteiger partial charge in [-0.3, -0.25) is 4.90 Å². The highest BCUT2D eigenvalue weighted by molar-refractivity contribution is 5.20. The lowest BCUT2D eigenvalue weighted by Crippen LogP contribution is -2.56. The molecule has 2 bridgehead atoms. The molecule has 0 amide bonds. The first kappa shape index (κ1) is 13.9. The highest BCUT2D eigenvalue weighted by Crippen LogP contribution is 2.33. The Hall–Kier alpha value is -1.06. The van der Waals surface area contributed by atoms with Gasteiger partial charge in [0.1, 0.15) is 12.4 Å². The van der Waals surface area contributed by atoms with Crippen molar-refractivity contribution in [3.05, 3.63) is 30.3 Å². The normalized spacial score (nSPS) is 30.1. The van der Waals surface area contributed by atoms with Gasteiger partial charge in [-0.25, -0.2) is 0 Å². The van der Waals surface area contributed by atoms with E-state index in [0.717, 1.165) is 37.0 Å². The number of rotatable bonds is 5. The lowest BCUT2D eigenvalue weighted by molar-refractivity contribution is 0.0165. The first-order valence-corrected chi connectivity index (χ1v) is 7.97. The number of hydrogen-bond acceptors (Lipinski definition) is 3. The van der Waals surface area contributed by atoms with Crippen LogP contribution in [-0.2, 0) is 0 Å². The molecule has 1 aromatic rings. The molecule has 1 aromatic carbocycles. The molecule has 2 aliphatic heterocycles. The maximum atomic E-state index is 5.87. The zero-order valence-corrected chi connectivity index (χ0v) is 12.4. The van der Waals surface area contributed by atoms with E-state index in [1.807, 2.05) is 30.3 Å². The van der Waals surface area contributed by atoms with Crippen molar-refractivity contribution in [3.63, 3.8) is 0 Å². The fourth-order valence-corrected chi connectivity index (χ4v) is 3.86. The van der Waals surface area contributed by atoms with Crippen molar-refractivity contribution in [3.8, 4) is 5.75 Å². The number of benzene rings is 1. The quantitative estimate of drug-likeness (QED) is 0.893. The number of para-hydroxylation sites is 1. The highest BCUT2D eigenvalue weighted by atomic mass is 16.5. The van der Waals surface area contributed by atoms with Crippen LogP contribution in [0, 0.1) is 0 Å². The van der Waals surface area contributed by atoms with Gasteiger partial charge in [-0.05, 0) is 44.9 Å². The molecule has 3 nitrogen and oxygen atoms in total. The lowest BCUT2D eigenvalue weighted by atomic mass is 9.82. The molecule has 2 saturated heterocycles. The number of ether oxygens (including phenoxy) is 1. The van der Waals surface area contributed by atoms with E-state index < -0.39 is 0 Å². The van der Waals surface area contributed by atoms with Crippen molar-refractivity contribution in [1.82, 2.24) is 10.2 Å². The summed E-state index contributed by atoms with van der Waals surface area (Å²) < 4.78 is 5.87. The van der Waals surface area contributed by atoms with Crippen LogP contribution in [0.4, 0.5) is 0 Å². The van der Waals surface area contributed by atoms with E-state index in [9.17, 15) is 0 Å². The van der Waals surface area contributed by atoms with E-state index in [4.69, 9.17) is 4.74 Å². The van der Waals surface area contributed by atoms with Crippen LogP contribution in [0.2, 0.25) is 0 Å². The third kappa shape index (κ3) is 3.15. The summed E-state index contributed by atoms with van der Waals surface area (Å²) in [6.07, 6.45) is 6.73. The monoisotopic (exact) mass is 274 g/mol. The van der Waals surface area contributed by atoms with Crippen LogP contribution in [0.15, 0.2) is 30.3 Å². The molecule has 3 rings (SSSR count). The minimum atomic E-state index is 0.719. The molecule has 2 aliphatic rings. The molecule has 2 atom stereocenters. The molecule has 3 heteroatoms. The molecular weight excluding hydrogens is 248 g/mol. The van der Waals surface area contributed by atoms with Crippen LogP contribution in [0.1, 0.15) is 32.1 Å². The summed E-state index contributed by atoms with van der Waals surface area (Å²) in [5, 5.41) is 3.48. The largest absolute Gasteiger partial charge is 0.492 e. The van der Waals surface area contributed by atoms with E-state index in [1.54, 1.807) is 0 Å². The van der Waals surface area contributed by atoms with Crippen molar-refractivity contribution in [2.24, 2.45) is 0 Å². The first-order chi connectivity index (χ1) is 9.86. The van der Waals surface area contributed by atoms with E-state index in [0.29, 0.717) is 0 Å². The molecule has 20 heavy (non-hydrogen) atoms. The molecule has 0 saturated carbocycles. The lowest BCUT2D eigenvalue weighted by Gasteiger charge is -2.48. The minimum Gasteiger partial charge on any atom is -0.492 e. The van der Waals surface area contributed by atoms with Crippen molar-refractivity contribution >= 4 is 0 Å². The highest BCUT2D eigenvalue weighted by Gasteiger charge is 2.37. The van der Waals surface area contributed by atoms with E-state index >= 15 is 0 Å². The van der Waals surface area contributed by atoms with E-state index in [2.05, 4.69) is 17.3 Å². The van der Waals surface area contributed by atoms with Gasteiger partial charge in [0.25, 0.3) is 0 Å². The zero-order chi connectivity index (χ0) is 13.8. The Morgan fingerprint density at radius 1 is 1.15 bits per heavy atom. The van der Waals surface area contributed by atoms with Crippen LogP contribution in [0.25, 0.3) is 0 Å². The van der Waals surface area contributed by atoms with Gasteiger partial charge < -0.3 is 10.1 Å². The fourth-order valence-electron chi connectivity index (χ4n) is 3.86. The summed E-state index contributed by atoms with van der Waals surface area (Å²) in [6, 6.07) is 12.4. The molecule has 2 heterocycles. The Balaban J connectivity index is 1.52. The van der Waals surface area contributed by atoms with Gasteiger partial charge >= 0.3 is 0 Å². The molecule has 110 valence electrons. The van der Waals surface area contributed by atoms with Gasteiger partial charge in [0.15, 0.2) is 0 Å². The summed E-state index contributed by atoms with van der Waals surface area (Å²) >= 11 is 0. The second-order valence-electron chi connectivity index (χ2n) is 6.09. The second-order valence-corrected chi connectivity index (χ2v) is 6.09. The van der Waals surface area contributed by atoms with Gasteiger partial charge in [0.2, 0.25) is 0 Å². The SMILES string of the molecule is CNC1CC2CCCC(C1)N2CCOc1ccccc1. The Bertz CT molecular complexity index is 395. The topological polar surface area (TPSA) is 24.5 Å². The smallest absolute Gasteiger partial charge is 0.119 e. The molecule has 0 spiro atoms. The molecule has 2 unspecified atom stereocenters. The Morgan fingerprint density at radius 3 is 2.50 bits per heavy atom. The second kappa shape index (κ2) is 6.59. The summed E-state index contributed by atoms with van der Waals surface area (Å²) in [4.78, 5) is 2.71. The average molecular weight is 274 g/mol. The number of nitrogens with one attached hydrogen (secondary N) is 1. The molecule has 0 radical (unpaired) electrons. The van der Waals surface area contributed by atoms with E-state index in [1.165, 1.54) is 32.1 Å². The molecule has 1 N–H and O–H groups in total. The summed E-state index contributed by atoms with van der Waals surface area (Å²) in [7, 11) is 2.11. The standard InChI is InChI=1S/C17H26N2O/c1-18-14-12-15-6-5-7-16(13-14)19(15)10-11-20-17-8-3-2-4-9-17/h2-4,8-9,14-16,18H,5-7,10-13H2,1H3. The molecular formula is C17H26N2O. The van der Waals surface area contributed by atoms with Crippen LogP contribution in [0.3, 0.4) is 0 Å². The van der Waals surface area contributed by atoms with Crippen molar-refractivity contribution in [2.75, 3.05) is 20.2 Å². The molecule has 2 fully saturated rings. The Labute approximate surface area is 122 Å². The predicted molar refractivity (Wildman–Crippen MR) is 82.2 cm³/mol. The third-order valence-electron chi connectivity index (χ3n) is 4.90. The van der Waals surface area contributed by atoms with Crippen molar-refractivity contribution < 1.29 is 4.74 Å².